The van der Waals surface area contributed by atoms with Gasteiger partial charge in [-0.25, -0.2) is 9.18 Å². The molecule has 0 bridgehead atoms. The molecule has 0 saturated carbocycles. The SMILES string of the molecule is CC1(C(=O)Nc2ccc(F)c(NC(=O)Cc3ccccc3)c2)Cc2ccccc2C(=O)O1. The third-order valence-electron chi connectivity index (χ3n) is 5.27. The number of nitrogens with one attached hydrogen (secondary N) is 2. The molecule has 1 aliphatic rings. The summed E-state index contributed by atoms with van der Waals surface area (Å²) in [6, 6.07) is 19.9. The Kier molecular flexibility index (Phi) is 5.73. The number of ether oxygens (including phenoxy) is 1. The van der Waals surface area contributed by atoms with Crippen molar-refractivity contribution < 1.29 is 23.5 Å². The largest absolute Gasteiger partial charge is 0.445 e. The molecule has 162 valence electrons. The molecular formula is C25H21FN2O4. The number of esters is 1. The maximum Gasteiger partial charge on any atom is 0.339 e. The van der Waals surface area contributed by atoms with Gasteiger partial charge in [-0.05, 0) is 42.3 Å². The van der Waals surface area contributed by atoms with Gasteiger partial charge in [0.2, 0.25) is 5.91 Å². The molecule has 0 saturated heterocycles. The lowest BCUT2D eigenvalue weighted by Crippen LogP contribution is -2.48. The van der Waals surface area contributed by atoms with Crippen molar-refractivity contribution in [3.8, 4) is 0 Å². The Morgan fingerprint density at radius 1 is 1.00 bits per heavy atom. The molecule has 2 amide bonds. The van der Waals surface area contributed by atoms with Crippen LogP contribution in [0.5, 0.6) is 0 Å². The molecule has 1 atom stereocenters. The van der Waals surface area contributed by atoms with Crippen LogP contribution in [0.25, 0.3) is 0 Å². The van der Waals surface area contributed by atoms with Crippen molar-refractivity contribution in [2.45, 2.75) is 25.4 Å². The highest BCUT2D eigenvalue weighted by Crippen LogP contribution is 2.30. The molecule has 1 unspecified atom stereocenters. The van der Waals surface area contributed by atoms with Gasteiger partial charge in [-0.3, -0.25) is 9.59 Å². The normalized spacial score (nSPS) is 17.1. The molecule has 32 heavy (non-hydrogen) atoms. The van der Waals surface area contributed by atoms with E-state index in [9.17, 15) is 18.8 Å². The molecule has 2 N–H and O–H groups in total. The summed E-state index contributed by atoms with van der Waals surface area (Å²) in [5, 5.41) is 5.19. The first-order valence-corrected chi connectivity index (χ1v) is 10.1. The molecule has 1 aliphatic heterocycles. The van der Waals surface area contributed by atoms with Crippen molar-refractivity contribution in [1.82, 2.24) is 0 Å². The van der Waals surface area contributed by atoms with Crippen molar-refractivity contribution in [3.05, 3.63) is 95.3 Å². The average molecular weight is 432 g/mol. The maximum atomic E-state index is 14.3. The van der Waals surface area contributed by atoms with Crippen molar-refractivity contribution >= 4 is 29.2 Å². The van der Waals surface area contributed by atoms with E-state index in [1.165, 1.54) is 19.1 Å². The highest BCUT2D eigenvalue weighted by molar-refractivity contribution is 6.03. The fourth-order valence-corrected chi connectivity index (χ4v) is 3.60. The van der Waals surface area contributed by atoms with Gasteiger partial charge in [0.25, 0.3) is 5.91 Å². The predicted molar refractivity (Wildman–Crippen MR) is 118 cm³/mol. The van der Waals surface area contributed by atoms with Crippen LogP contribution >= 0.6 is 0 Å². The molecule has 0 radical (unpaired) electrons. The van der Waals surface area contributed by atoms with Gasteiger partial charge in [0.05, 0.1) is 17.7 Å². The number of carbonyl (C=O) groups excluding carboxylic acids is 3. The third kappa shape index (κ3) is 4.51. The topological polar surface area (TPSA) is 84.5 Å². The zero-order valence-electron chi connectivity index (χ0n) is 17.4. The van der Waals surface area contributed by atoms with Gasteiger partial charge in [-0.2, -0.15) is 0 Å². The van der Waals surface area contributed by atoms with E-state index in [0.29, 0.717) is 5.56 Å². The number of rotatable bonds is 5. The van der Waals surface area contributed by atoms with E-state index in [1.54, 1.807) is 36.4 Å². The summed E-state index contributed by atoms with van der Waals surface area (Å²) in [4.78, 5) is 37.6. The quantitative estimate of drug-likeness (QED) is 0.594. The molecule has 0 aliphatic carbocycles. The number of carbonyl (C=O) groups is 3. The maximum absolute atomic E-state index is 14.3. The number of hydrogen-bond acceptors (Lipinski definition) is 4. The summed E-state index contributed by atoms with van der Waals surface area (Å²) in [5.41, 5.74) is 0.734. The first kappa shape index (κ1) is 21.2. The third-order valence-corrected chi connectivity index (χ3v) is 5.27. The van der Waals surface area contributed by atoms with Crippen LogP contribution in [0.2, 0.25) is 0 Å². The Morgan fingerprint density at radius 2 is 1.72 bits per heavy atom. The molecule has 7 heteroatoms. The van der Waals surface area contributed by atoms with Crippen molar-refractivity contribution in [2.24, 2.45) is 0 Å². The van der Waals surface area contributed by atoms with E-state index in [0.717, 1.165) is 17.2 Å². The van der Waals surface area contributed by atoms with E-state index in [1.807, 2.05) is 18.2 Å². The number of halogens is 1. The molecule has 4 rings (SSSR count). The van der Waals surface area contributed by atoms with Crippen LogP contribution in [0.1, 0.15) is 28.4 Å². The van der Waals surface area contributed by atoms with E-state index in [-0.39, 0.29) is 30.1 Å². The van der Waals surface area contributed by atoms with E-state index >= 15 is 0 Å². The zero-order valence-corrected chi connectivity index (χ0v) is 17.4. The second-order valence-corrected chi connectivity index (χ2v) is 7.81. The number of fused-ring (bicyclic) bond motifs is 1. The Labute approximate surface area is 184 Å². The standard InChI is InChI=1S/C25H21FN2O4/c1-25(15-17-9-5-6-10-19(17)23(30)32-25)24(31)27-18-11-12-20(26)21(14-18)28-22(29)13-16-7-3-2-4-8-16/h2-12,14H,13,15H2,1H3,(H,27,31)(H,28,29). The van der Waals surface area contributed by atoms with Crippen LogP contribution in [0.4, 0.5) is 15.8 Å². The zero-order chi connectivity index (χ0) is 22.7. The van der Waals surface area contributed by atoms with Gasteiger partial charge < -0.3 is 15.4 Å². The summed E-state index contributed by atoms with van der Waals surface area (Å²) in [6.07, 6.45) is 0.299. The molecule has 6 nitrogen and oxygen atoms in total. The highest BCUT2D eigenvalue weighted by Gasteiger charge is 2.42. The van der Waals surface area contributed by atoms with Crippen LogP contribution in [-0.4, -0.2) is 23.4 Å². The fourth-order valence-electron chi connectivity index (χ4n) is 3.60. The lowest BCUT2D eigenvalue weighted by Gasteiger charge is -2.33. The molecule has 0 spiro atoms. The Hall–Kier alpha value is -4.00. The van der Waals surface area contributed by atoms with Crippen molar-refractivity contribution in [2.75, 3.05) is 10.6 Å². The van der Waals surface area contributed by atoms with Crippen molar-refractivity contribution in [3.63, 3.8) is 0 Å². The first-order chi connectivity index (χ1) is 15.3. The van der Waals surface area contributed by atoms with E-state index in [4.69, 9.17) is 4.74 Å². The summed E-state index contributed by atoms with van der Waals surface area (Å²) >= 11 is 0. The first-order valence-electron chi connectivity index (χ1n) is 10.1. The lowest BCUT2D eigenvalue weighted by molar-refractivity contribution is -0.134. The van der Waals surface area contributed by atoms with Gasteiger partial charge in [0.1, 0.15) is 5.82 Å². The minimum atomic E-state index is -1.42. The summed E-state index contributed by atoms with van der Waals surface area (Å²) < 4.78 is 19.7. The Bertz CT molecular complexity index is 1200. The Morgan fingerprint density at radius 3 is 2.50 bits per heavy atom. The van der Waals surface area contributed by atoms with E-state index in [2.05, 4.69) is 10.6 Å². The Balaban J connectivity index is 1.47. The predicted octanol–water partition coefficient (Wildman–Crippen LogP) is 4.12. The summed E-state index contributed by atoms with van der Waals surface area (Å²) in [7, 11) is 0. The molecule has 1 heterocycles. The second-order valence-electron chi connectivity index (χ2n) is 7.81. The molecule has 0 aromatic heterocycles. The average Bonchev–Trinajstić information content (AvgIpc) is 2.76. The highest BCUT2D eigenvalue weighted by atomic mass is 19.1. The number of amides is 2. The van der Waals surface area contributed by atoms with Crippen molar-refractivity contribution in [1.29, 1.82) is 0 Å². The van der Waals surface area contributed by atoms with Gasteiger partial charge in [0, 0.05) is 12.1 Å². The van der Waals surface area contributed by atoms with Crippen LogP contribution in [0.3, 0.4) is 0 Å². The second kappa shape index (κ2) is 8.63. The molecule has 3 aromatic rings. The van der Waals surface area contributed by atoms with Gasteiger partial charge in [0.15, 0.2) is 5.60 Å². The van der Waals surface area contributed by atoms with Crippen LogP contribution in [-0.2, 0) is 27.2 Å². The monoisotopic (exact) mass is 432 g/mol. The van der Waals surface area contributed by atoms with Gasteiger partial charge in [-0.1, -0.05) is 48.5 Å². The lowest BCUT2D eigenvalue weighted by atomic mass is 9.89. The summed E-state index contributed by atoms with van der Waals surface area (Å²) in [6.45, 7) is 1.53. The van der Waals surface area contributed by atoms with Crippen LogP contribution < -0.4 is 10.6 Å². The molecule has 0 fully saturated rings. The number of cyclic esters (lactones) is 1. The minimum absolute atomic E-state index is 0.0557. The minimum Gasteiger partial charge on any atom is -0.445 e. The van der Waals surface area contributed by atoms with Crippen LogP contribution in [0, 0.1) is 5.82 Å². The number of anilines is 2. The fraction of sp³-hybridized carbons (Fsp3) is 0.160. The van der Waals surface area contributed by atoms with Gasteiger partial charge in [-0.15, -0.1) is 0 Å². The molecule has 3 aromatic carbocycles. The molecular weight excluding hydrogens is 411 g/mol. The smallest absolute Gasteiger partial charge is 0.339 e. The summed E-state index contributed by atoms with van der Waals surface area (Å²) in [5.74, 6) is -2.14. The number of hydrogen-bond donors (Lipinski definition) is 2. The van der Waals surface area contributed by atoms with Gasteiger partial charge >= 0.3 is 5.97 Å². The number of benzene rings is 3. The van der Waals surface area contributed by atoms with E-state index < -0.39 is 23.3 Å². The van der Waals surface area contributed by atoms with Crippen LogP contribution in [0.15, 0.2) is 72.8 Å².